The second-order valence-electron chi connectivity index (χ2n) is 9.63. The molecule has 43 heavy (non-hydrogen) atoms. The molecule has 15 heteroatoms. The number of rotatable bonds is 7. The van der Waals surface area contributed by atoms with Gasteiger partial charge in [0.25, 0.3) is 5.91 Å². The quantitative estimate of drug-likeness (QED) is 0.296. The molecule has 2 aromatic carbocycles. The maximum absolute atomic E-state index is 13.4. The third-order valence-corrected chi connectivity index (χ3v) is 6.99. The fourth-order valence-electron chi connectivity index (χ4n) is 4.91. The van der Waals surface area contributed by atoms with Crippen molar-refractivity contribution in [3.05, 3.63) is 83.9 Å². The van der Waals surface area contributed by atoms with Gasteiger partial charge in [-0.1, -0.05) is 35.1 Å². The number of oxazole rings is 1. The van der Waals surface area contributed by atoms with Crippen molar-refractivity contribution in [1.29, 1.82) is 0 Å². The molecule has 1 unspecified atom stereocenters. The highest BCUT2D eigenvalue weighted by Gasteiger charge is 2.32. The number of nitrogens with one attached hydrogen (secondary N) is 1. The highest BCUT2D eigenvalue weighted by atomic mass is 19.3. The number of methoxy groups -OCH3 is 1. The zero-order valence-electron chi connectivity index (χ0n) is 22.8. The second-order valence-corrected chi connectivity index (χ2v) is 9.63. The monoisotopic (exact) mass is 589 g/mol. The number of hydrogen-bond acceptors (Lipinski definition) is 10. The minimum Gasteiger partial charge on any atom is -0.453 e. The molecule has 0 aliphatic carbocycles. The van der Waals surface area contributed by atoms with Gasteiger partial charge in [-0.2, -0.15) is 8.78 Å². The molecule has 4 heterocycles. The first-order chi connectivity index (χ1) is 20.9. The molecule has 0 radical (unpaired) electrons. The van der Waals surface area contributed by atoms with E-state index in [9.17, 15) is 18.4 Å². The molecule has 0 spiro atoms. The van der Waals surface area contributed by atoms with E-state index in [4.69, 9.17) is 4.42 Å². The average Bonchev–Trinajstić information content (AvgIpc) is 3.70. The number of amides is 2. The minimum atomic E-state index is -2.90. The van der Waals surface area contributed by atoms with Crippen LogP contribution in [0.25, 0.3) is 22.6 Å². The van der Waals surface area contributed by atoms with Crippen molar-refractivity contribution in [1.82, 2.24) is 40.0 Å². The van der Waals surface area contributed by atoms with E-state index in [1.165, 1.54) is 13.3 Å². The van der Waals surface area contributed by atoms with Crippen LogP contribution in [0, 0.1) is 0 Å². The number of carbonyl (C=O) groups is 2. The molecule has 1 saturated heterocycles. The summed E-state index contributed by atoms with van der Waals surface area (Å²) in [5.41, 5.74) is 3.13. The lowest BCUT2D eigenvalue weighted by molar-refractivity contribution is 0.0385. The van der Waals surface area contributed by atoms with Crippen LogP contribution in [0.5, 0.6) is 0 Å². The third-order valence-electron chi connectivity index (χ3n) is 6.99. The van der Waals surface area contributed by atoms with Gasteiger partial charge in [-0.15, -0.1) is 10.2 Å². The number of carbonyl (C=O) groups excluding carboxylic acids is 2. The summed E-state index contributed by atoms with van der Waals surface area (Å²) in [5, 5.41) is 13.9. The maximum atomic E-state index is 13.4. The number of halogens is 2. The van der Waals surface area contributed by atoms with Crippen LogP contribution < -0.4 is 5.32 Å². The van der Waals surface area contributed by atoms with Gasteiger partial charge in [-0.05, 0) is 41.1 Å². The van der Waals surface area contributed by atoms with Crippen LogP contribution in [-0.4, -0.2) is 85.3 Å². The number of pyridine rings is 1. The predicted molar refractivity (Wildman–Crippen MR) is 148 cm³/mol. The van der Waals surface area contributed by atoms with Crippen LogP contribution in [0.2, 0.25) is 0 Å². The number of tetrazole rings is 1. The van der Waals surface area contributed by atoms with Gasteiger partial charge in [-0.25, -0.2) is 9.78 Å². The standard InChI is InChI=1S/C28H25F2N9O4/c1-42-28(41)32-19-7-8-22-20(16-19)33-25(43-22)18-9-10-31-21(15-18)26(40)38-13-11-37(12-14-38)23(17-5-3-2-4-6-17)24-34-36-39(35-24)27(29)30/h2-10,15-16,23,27H,11-14H2,1H3,(H,32,41). The van der Waals surface area contributed by atoms with E-state index in [0.29, 0.717) is 59.2 Å². The number of fused-ring (bicyclic) bond motifs is 1. The lowest BCUT2D eigenvalue weighted by Gasteiger charge is -2.38. The average molecular weight is 590 g/mol. The summed E-state index contributed by atoms with van der Waals surface area (Å²) < 4.78 is 36.8. The summed E-state index contributed by atoms with van der Waals surface area (Å²) in [6, 6.07) is 17.1. The molecule has 1 atom stereocenters. The minimum absolute atomic E-state index is 0.159. The Morgan fingerprint density at radius 3 is 2.53 bits per heavy atom. The van der Waals surface area contributed by atoms with Crippen molar-refractivity contribution in [3.8, 4) is 11.5 Å². The normalized spacial score (nSPS) is 14.7. The Morgan fingerprint density at radius 1 is 1.02 bits per heavy atom. The fraction of sp³-hybridized carbons (Fsp3) is 0.250. The first-order valence-corrected chi connectivity index (χ1v) is 13.3. The Kier molecular flexibility index (Phi) is 7.70. The van der Waals surface area contributed by atoms with Crippen molar-refractivity contribution >= 4 is 28.8 Å². The molecule has 1 aliphatic rings. The third kappa shape index (κ3) is 5.88. The molecule has 1 N–H and O–H groups in total. The highest BCUT2D eigenvalue weighted by molar-refractivity contribution is 5.93. The number of aromatic nitrogens is 6. The van der Waals surface area contributed by atoms with Crippen molar-refractivity contribution in [2.45, 2.75) is 12.6 Å². The van der Waals surface area contributed by atoms with Crippen molar-refractivity contribution < 1.29 is 27.5 Å². The van der Waals surface area contributed by atoms with Gasteiger partial charge < -0.3 is 14.1 Å². The van der Waals surface area contributed by atoms with Crippen LogP contribution in [-0.2, 0) is 4.74 Å². The first kappa shape index (κ1) is 27.8. The summed E-state index contributed by atoms with van der Waals surface area (Å²) in [5.74, 6) is 0.189. The number of ether oxygens (including phenoxy) is 1. The van der Waals surface area contributed by atoms with Crippen LogP contribution in [0.3, 0.4) is 0 Å². The highest BCUT2D eigenvalue weighted by Crippen LogP contribution is 2.29. The summed E-state index contributed by atoms with van der Waals surface area (Å²) in [4.78, 5) is 37.8. The first-order valence-electron chi connectivity index (χ1n) is 13.3. The van der Waals surface area contributed by atoms with Gasteiger partial charge in [0.15, 0.2) is 11.4 Å². The van der Waals surface area contributed by atoms with E-state index in [2.05, 4.69) is 35.4 Å². The number of nitrogens with zero attached hydrogens (tertiary/aromatic N) is 8. The predicted octanol–water partition coefficient (Wildman–Crippen LogP) is 4.00. The number of piperazine rings is 1. The summed E-state index contributed by atoms with van der Waals surface area (Å²) in [6.45, 7) is -1.26. The summed E-state index contributed by atoms with van der Waals surface area (Å²) >= 11 is 0. The molecule has 0 saturated carbocycles. The van der Waals surface area contributed by atoms with E-state index in [0.717, 1.165) is 5.56 Å². The molecule has 220 valence electrons. The van der Waals surface area contributed by atoms with Crippen LogP contribution in [0.15, 0.2) is 71.3 Å². The molecule has 3 aromatic heterocycles. The van der Waals surface area contributed by atoms with Crippen molar-refractivity contribution in [2.24, 2.45) is 0 Å². The zero-order valence-corrected chi connectivity index (χ0v) is 22.8. The molecule has 6 rings (SSSR count). The lowest BCUT2D eigenvalue weighted by Crippen LogP contribution is -2.50. The zero-order chi connectivity index (χ0) is 29.9. The Labute approximate surface area is 243 Å². The van der Waals surface area contributed by atoms with Crippen LogP contribution >= 0.6 is 0 Å². The largest absolute Gasteiger partial charge is 0.453 e. The molecule has 1 aliphatic heterocycles. The van der Waals surface area contributed by atoms with Crippen molar-refractivity contribution in [3.63, 3.8) is 0 Å². The molecule has 5 aromatic rings. The van der Waals surface area contributed by atoms with Gasteiger partial charge in [0.1, 0.15) is 11.2 Å². The maximum Gasteiger partial charge on any atom is 0.411 e. The van der Waals surface area contributed by atoms with Gasteiger partial charge >= 0.3 is 12.6 Å². The molecule has 1 fully saturated rings. The van der Waals surface area contributed by atoms with E-state index in [1.807, 2.05) is 35.2 Å². The molecule has 2 amide bonds. The van der Waals surface area contributed by atoms with E-state index in [-0.39, 0.29) is 17.4 Å². The Balaban J connectivity index is 1.17. The fourth-order valence-corrected chi connectivity index (χ4v) is 4.91. The molecular weight excluding hydrogens is 564 g/mol. The summed E-state index contributed by atoms with van der Waals surface area (Å²) in [7, 11) is 1.27. The van der Waals surface area contributed by atoms with Gasteiger partial charge in [0, 0.05) is 43.6 Å². The van der Waals surface area contributed by atoms with Crippen molar-refractivity contribution in [2.75, 3.05) is 38.6 Å². The topological polar surface area (TPSA) is 144 Å². The number of anilines is 1. The van der Waals surface area contributed by atoms with Gasteiger partial charge in [0.05, 0.1) is 13.2 Å². The Hall–Kier alpha value is -5.31. The van der Waals surface area contributed by atoms with Gasteiger partial charge in [0.2, 0.25) is 5.89 Å². The number of benzene rings is 2. The SMILES string of the molecule is COC(=O)Nc1ccc2oc(-c3ccnc(C(=O)N4CCN(C(c5ccccc5)c5nnn(C(F)F)n5)CC4)c3)nc2c1. The molecular formula is C28H25F2N9O4. The Morgan fingerprint density at radius 2 is 1.81 bits per heavy atom. The molecule has 0 bridgehead atoms. The lowest BCUT2D eigenvalue weighted by atomic mass is 10.0. The summed E-state index contributed by atoms with van der Waals surface area (Å²) in [6.07, 6.45) is 0.912. The van der Waals surface area contributed by atoms with E-state index >= 15 is 0 Å². The molecule has 13 nitrogen and oxygen atoms in total. The van der Waals surface area contributed by atoms with Gasteiger partial charge in [-0.3, -0.25) is 20.0 Å². The Bertz CT molecular complexity index is 1750. The number of hydrogen-bond donors (Lipinski definition) is 1. The van der Waals surface area contributed by atoms with E-state index in [1.54, 1.807) is 35.2 Å². The van der Waals surface area contributed by atoms with Crippen LogP contribution in [0.1, 0.15) is 34.5 Å². The second kappa shape index (κ2) is 11.9. The smallest absolute Gasteiger partial charge is 0.411 e. The van der Waals surface area contributed by atoms with Crippen LogP contribution in [0.4, 0.5) is 19.3 Å². The number of alkyl halides is 2. The van der Waals surface area contributed by atoms with E-state index < -0.39 is 18.7 Å².